The van der Waals surface area contributed by atoms with Gasteiger partial charge in [-0.2, -0.15) is 0 Å². The number of hydrogen-bond acceptors (Lipinski definition) is 2. The van der Waals surface area contributed by atoms with Crippen LogP contribution in [-0.2, 0) is 29.3 Å². The van der Waals surface area contributed by atoms with Gasteiger partial charge in [0.15, 0.2) is 0 Å². The Morgan fingerprint density at radius 2 is 1.53 bits per heavy atom. The van der Waals surface area contributed by atoms with E-state index in [9.17, 15) is 0 Å². The fourth-order valence-corrected chi connectivity index (χ4v) is 7.55. The molecule has 0 bridgehead atoms. The summed E-state index contributed by atoms with van der Waals surface area (Å²) in [6.07, 6.45) is 0. The smallest absolute Gasteiger partial charge is 0.0450 e. The standard InChI is InChI=1S/C31H45ClN2/c1-20(2)22-12-23-16-34(19-31(8,9)28(23)26(32)14-22)18-29(4,5)25-11-21(3)27-24(13-25)15-33(10)17-30(27,6)7/h11-14,20H,15-19H2,1-10H3. The van der Waals surface area contributed by atoms with Crippen molar-refractivity contribution in [3.63, 3.8) is 0 Å². The molecule has 0 saturated carbocycles. The molecular weight excluding hydrogens is 436 g/mol. The summed E-state index contributed by atoms with van der Waals surface area (Å²) in [5.41, 5.74) is 10.4. The fourth-order valence-electron chi connectivity index (χ4n) is 7.04. The molecule has 0 amide bonds. The summed E-state index contributed by atoms with van der Waals surface area (Å²) in [6, 6.07) is 9.59. The van der Waals surface area contributed by atoms with Crippen LogP contribution in [0.2, 0.25) is 5.02 Å². The Bertz CT molecular complexity index is 1090. The molecule has 2 nitrogen and oxygen atoms in total. The Hall–Kier alpha value is -1.35. The lowest BCUT2D eigenvalue weighted by Crippen LogP contribution is -2.47. The Balaban J connectivity index is 1.66. The van der Waals surface area contributed by atoms with Gasteiger partial charge in [-0.3, -0.25) is 4.90 Å². The zero-order valence-electron chi connectivity index (χ0n) is 23.2. The van der Waals surface area contributed by atoms with Crippen molar-refractivity contribution >= 4 is 11.6 Å². The lowest BCUT2D eigenvalue weighted by molar-refractivity contribution is 0.161. The highest BCUT2D eigenvalue weighted by Gasteiger charge is 2.38. The molecule has 2 aromatic rings. The molecule has 0 N–H and O–H groups in total. The lowest BCUT2D eigenvalue weighted by atomic mass is 9.72. The summed E-state index contributed by atoms with van der Waals surface area (Å²) in [4.78, 5) is 5.13. The summed E-state index contributed by atoms with van der Waals surface area (Å²) in [5, 5.41) is 0.946. The van der Waals surface area contributed by atoms with Crippen molar-refractivity contribution in [3.05, 3.63) is 68.2 Å². The van der Waals surface area contributed by atoms with Crippen LogP contribution in [0.1, 0.15) is 100 Å². The zero-order chi connectivity index (χ0) is 25.2. The predicted octanol–water partition coefficient (Wildman–Crippen LogP) is 7.57. The van der Waals surface area contributed by atoms with Crippen LogP contribution in [0.3, 0.4) is 0 Å². The van der Waals surface area contributed by atoms with Crippen molar-refractivity contribution in [1.82, 2.24) is 9.80 Å². The molecule has 0 spiro atoms. The first kappa shape index (κ1) is 25.7. The molecule has 186 valence electrons. The van der Waals surface area contributed by atoms with E-state index in [1.54, 1.807) is 5.56 Å². The Kier molecular flexibility index (Phi) is 6.54. The van der Waals surface area contributed by atoms with Crippen LogP contribution in [0.5, 0.6) is 0 Å². The molecule has 2 heterocycles. The molecule has 34 heavy (non-hydrogen) atoms. The summed E-state index contributed by atoms with van der Waals surface area (Å²) in [5.74, 6) is 0.485. The van der Waals surface area contributed by atoms with Crippen molar-refractivity contribution in [1.29, 1.82) is 0 Å². The number of halogens is 1. The first-order chi connectivity index (χ1) is 15.6. The highest BCUT2D eigenvalue weighted by molar-refractivity contribution is 6.31. The maximum atomic E-state index is 6.85. The van der Waals surface area contributed by atoms with E-state index in [0.717, 1.165) is 37.7 Å². The molecule has 0 fully saturated rings. The Morgan fingerprint density at radius 3 is 2.18 bits per heavy atom. The van der Waals surface area contributed by atoms with Gasteiger partial charge in [-0.25, -0.2) is 0 Å². The van der Waals surface area contributed by atoms with Crippen LogP contribution >= 0.6 is 11.6 Å². The number of hydrogen-bond donors (Lipinski definition) is 0. The topological polar surface area (TPSA) is 6.48 Å². The number of aryl methyl sites for hydroxylation is 1. The molecule has 0 atom stereocenters. The molecular formula is C31H45ClN2. The minimum absolute atomic E-state index is 0.0365. The second-order valence-electron chi connectivity index (χ2n) is 13.5. The van der Waals surface area contributed by atoms with Crippen LogP contribution in [0.4, 0.5) is 0 Å². The van der Waals surface area contributed by atoms with Crippen molar-refractivity contribution in [2.24, 2.45) is 0 Å². The highest BCUT2D eigenvalue weighted by atomic mass is 35.5. The third kappa shape index (κ3) is 4.71. The lowest BCUT2D eigenvalue weighted by Gasteiger charge is -2.44. The van der Waals surface area contributed by atoms with E-state index < -0.39 is 0 Å². The van der Waals surface area contributed by atoms with Gasteiger partial charge in [0.2, 0.25) is 0 Å². The van der Waals surface area contributed by atoms with Gasteiger partial charge < -0.3 is 4.90 Å². The molecule has 3 heteroatoms. The van der Waals surface area contributed by atoms with Gasteiger partial charge in [-0.15, -0.1) is 0 Å². The maximum Gasteiger partial charge on any atom is 0.0450 e. The van der Waals surface area contributed by atoms with Gasteiger partial charge in [0.05, 0.1) is 0 Å². The third-order valence-corrected chi connectivity index (χ3v) is 8.45. The zero-order valence-corrected chi connectivity index (χ0v) is 24.0. The van der Waals surface area contributed by atoms with Crippen LogP contribution in [0, 0.1) is 6.92 Å². The highest BCUT2D eigenvalue weighted by Crippen LogP contribution is 2.42. The normalized spacial score (nSPS) is 20.4. The molecule has 2 aromatic carbocycles. The van der Waals surface area contributed by atoms with E-state index in [2.05, 4.69) is 103 Å². The number of rotatable bonds is 4. The van der Waals surface area contributed by atoms with Crippen LogP contribution < -0.4 is 0 Å². The van der Waals surface area contributed by atoms with Crippen molar-refractivity contribution in [3.8, 4) is 0 Å². The van der Waals surface area contributed by atoms with Crippen molar-refractivity contribution in [2.45, 2.75) is 97.6 Å². The average Bonchev–Trinajstić information content (AvgIpc) is 2.64. The number of likely N-dealkylation sites (N-methyl/N-ethyl adjacent to an activating group) is 1. The summed E-state index contributed by atoms with van der Waals surface area (Å²) in [7, 11) is 2.25. The Morgan fingerprint density at radius 1 is 0.912 bits per heavy atom. The largest absolute Gasteiger partial charge is 0.301 e. The molecule has 0 aliphatic carbocycles. The molecule has 0 unspecified atom stereocenters. The van der Waals surface area contributed by atoms with E-state index in [0.29, 0.717) is 5.92 Å². The molecule has 0 aromatic heterocycles. The van der Waals surface area contributed by atoms with Gasteiger partial charge in [0.25, 0.3) is 0 Å². The monoisotopic (exact) mass is 480 g/mol. The van der Waals surface area contributed by atoms with Gasteiger partial charge in [0.1, 0.15) is 0 Å². The number of nitrogens with zero attached hydrogens (tertiary/aromatic N) is 2. The van der Waals surface area contributed by atoms with Gasteiger partial charge in [-0.1, -0.05) is 85.2 Å². The summed E-state index contributed by atoms with van der Waals surface area (Å²) >= 11 is 6.85. The minimum Gasteiger partial charge on any atom is -0.301 e. The van der Waals surface area contributed by atoms with Gasteiger partial charge in [-0.05, 0) is 64.9 Å². The first-order valence-corrected chi connectivity index (χ1v) is 13.4. The second kappa shape index (κ2) is 8.64. The summed E-state index contributed by atoms with van der Waals surface area (Å²) < 4.78 is 0. The van der Waals surface area contributed by atoms with E-state index in [-0.39, 0.29) is 16.2 Å². The number of benzene rings is 2. The predicted molar refractivity (Wildman–Crippen MR) is 147 cm³/mol. The number of fused-ring (bicyclic) bond motifs is 2. The van der Waals surface area contributed by atoms with Crippen LogP contribution in [0.25, 0.3) is 0 Å². The van der Waals surface area contributed by atoms with E-state index in [4.69, 9.17) is 11.6 Å². The van der Waals surface area contributed by atoms with Crippen molar-refractivity contribution < 1.29 is 0 Å². The fraction of sp³-hybridized carbons (Fsp3) is 0.613. The van der Waals surface area contributed by atoms with Crippen LogP contribution in [0.15, 0.2) is 24.3 Å². The Labute approximate surface area is 213 Å². The molecule has 2 aliphatic heterocycles. The first-order valence-electron chi connectivity index (χ1n) is 13.0. The van der Waals surface area contributed by atoms with E-state index in [1.807, 2.05) is 0 Å². The van der Waals surface area contributed by atoms with E-state index >= 15 is 0 Å². The van der Waals surface area contributed by atoms with Gasteiger partial charge >= 0.3 is 0 Å². The molecule has 4 rings (SSSR count). The van der Waals surface area contributed by atoms with Crippen LogP contribution in [-0.4, -0.2) is 36.5 Å². The SMILES string of the molecule is Cc1cc(C(C)(C)CN2Cc3cc(C(C)C)cc(Cl)c3C(C)(C)C2)cc2c1C(C)(C)CN(C)C2. The molecule has 2 aliphatic rings. The molecule has 0 saturated heterocycles. The average molecular weight is 481 g/mol. The van der Waals surface area contributed by atoms with Gasteiger partial charge in [0, 0.05) is 54.0 Å². The minimum atomic E-state index is 0.0365. The third-order valence-electron chi connectivity index (χ3n) is 8.15. The molecule has 0 radical (unpaired) electrons. The second-order valence-corrected chi connectivity index (χ2v) is 13.9. The van der Waals surface area contributed by atoms with E-state index in [1.165, 1.54) is 33.4 Å². The van der Waals surface area contributed by atoms with Crippen molar-refractivity contribution in [2.75, 3.05) is 26.7 Å². The summed E-state index contributed by atoms with van der Waals surface area (Å²) in [6.45, 7) is 26.4. The maximum absolute atomic E-state index is 6.85. The quantitative estimate of drug-likeness (QED) is 0.445.